The second-order valence-corrected chi connectivity index (χ2v) is 5.08. The van der Waals surface area contributed by atoms with Crippen LogP contribution in [0.25, 0.3) is 0 Å². The van der Waals surface area contributed by atoms with E-state index in [2.05, 4.69) is 11.6 Å². The summed E-state index contributed by atoms with van der Waals surface area (Å²) in [6.07, 6.45) is 0. The third-order valence-electron chi connectivity index (χ3n) is 1.97. The van der Waals surface area contributed by atoms with Gasteiger partial charge in [0.25, 0.3) is 0 Å². The van der Waals surface area contributed by atoms with Crippen molar-refractivity contribution in [3.63, 3.8) is 0 Å². The van der Waals surface area contributed by atoms with Crippen LogP contribution in [-0.2, 0) is 0 Å². The SMILES string of the molecule is FC1(F)C(F)(F)C(F)(F)C(Cl)(Br)C1(F)F. The highest BCUT2D eigenvalue weighted by molar-refractivity contribution is 9.10. The second kappa shape index (κ2) is 2.72. The van der Waals surface area contributed by atoms with Crippen LogP contribution in [0.2, 0.25) is 0 Å². The van der Waals surface area contributed by atoms with Crippen LogP contribution < -0.4 is 0 Å². The van der Waals surface area contributed by atoms with Crippen molar-refractivity contribution in [3.8, 4) is 0 Å². The molecule has 0 aliphatic heterocycles. The first-order valence-corrected chi connectivity index (χ1v) is 4.31. The predicted octanol–water partition coefficient (Wildman–Crippen LogP) is 3.87. The average Bonchev–Trinajstić information content (AvgIpc) is 2.04. The molecular weight excluding hydrogens is 327 g/mol. The number of hydrogen-bond donors (Lipinski definition) is 0. The van der Waals surface area contributed by atoms with Crippen LogP contribution in [-0.4, -0.2) is 27.5 Å². The Kier molecular flexibility index (Phi) is 2.40. The molecule has 0 spiro atoms. The molecule has 0 amide bonds. The largest absolute Gasteiger partial charge is 0.381 e. The lowest BCUT2D eigenvalue weighted by Crippen LogP contribution is -2.51. The summed E-state index contributed by atoms with van der Waals surface area (Å²) in [6.45, 7) is 0. The van der Waals surface area contributed by atoms with Gasteiger partial charge in [0.1, 0.15) is 0 Å². The van der Waals surface area contributed by atoms with Crippen molar-refractivity contribution in [2.45, 2.75) is 27.5 Å². The van der Waals surface area contributed by atoms with Gasteiger partial charge in [0.15, 0.2) is 0 Å². The van der Waals surface area contributed by atoms with Gasteiger partial charge in [-0.25, -0.2) is 0 Å². The normalized spacial score (nSPS) is 34.0. The number of halogens is 10. The molecule has 0 nitrogen and oxygen atoms in total. The number of hydrogen-bond acceptors (Lipinski definition) is 0. The smallest absolute Gasteiger partial charge is 0.196 e. The van der Waals surface area contributed by atoms with Crippen LogP contribution in [0, 0.1) is 0 Å². The minimum absolute atomic E-state index is 1.34. The van der Waals surface area contributed by atoms with Crippen molar-refractivity contribution in [1.82, 2.24) is 0 Å². The molecule has 0 N–H and O–H groups in total. The first-order valence-electron chi connectivity index (χ1n) is 3.14. The first-order chi connectivity index (χ1) is 6.25. The highest BCUT2D eigenvalue weighted by Gasteiger charge is 2.98. The zero-order valence-electron chi connectivity index (χ0n) is 6.28. The van der Waals surface area contributed by atoms with E-state index in [1.165, 1.54) is 15.9 Å². The van der Waals surface area contributed by atoms with Gasteiger partial charge in [-0.3, -0.25) is 0 Å². The Bertz CT molecular complexity index is 208. The third-order valence-corrected chi connectivity index (χ3v) is 3.44. The molecule has 1 fully saturated rings. The molecule has 0 aromatic rings. The first kappa shape index (κ1) is 13.3. The fraction of sp³-hybridized carbons (Fsp3) is 1.00. The average molecular weight is 327 g/mol. The van der Waals surface area contributed by atoms with Crippen LogP contribution >= 0.6 is 27.5 Å². The highest BCUT2D eigenvalue weighted by atomic mass is 79.9. The summed E-state index contributed by atoms with van der Waals surface area (Å²) in [6, 6.07) is 0. The monoisotopic (exact) mass is 326 g/mol. The molecule has 1 aliphatic rings. The van der Waals surface area contributed by atoms with Gasteiger partial charge in [0, 0.05) is 0 Å². The van der Waals surface area contributed by atoms with Crippen molar-refractivity contribution < 1.29 is 35.1 Å². The van der Waals surface area contributed by atoms with Crippen LogP contribution in [0.1, 0.15) is 0 Å². The molecule has 0 aromatic heterocycles. The van der Waals surface area contributed by atoms with Gasteiger partial charge < -0.3 is 0 Å². The van der Waals surface area contributed by atoms with Gasteiger partial charge >= 0.3 is 23.7 Å². The molecule has 1 rings (SSSR count). The Morgan fingerprint density at radius 3 is 0.867 bits per heavy atom. The summed E-state index contributed by atoms with van der Waals surface area (Å²) >= 11 is 5.72. The fourth-order valence-corrected chi connectivity index (χ4v) is 1.72. The van der Waals surface area contributed by atoms with Crippen molar-refractivity contribution in [3.05, 3.63) is 0 Å². The topological polar surface area (TPSA) is 0 Å². The Labute approximate surface area is 90.7 Å². The van der Waals surface area contributed by atoms with Gasteiger partial charge in [-0.05, 0) is 0 Å². The summed E-state index contributed by atoms with van der Waals surface area (Å²) in [7, 11) is 0. The molecule has 0 heterocycles. The Morgan fingerprint density at radius 1 is 0.600 bits per heavy atom. The van der Waals surface area contributed by atoms with Crippen molar-refractivity contribution in [2.24, 2.45) is 0 Å². The maximum Gasteiger partial charge on any atom is 0.381 e. The minimum atomic E-state index is -6.24. The van der Waals surface area contributed by atoms with Crippen LogP contribution in [0.15, 0.2) is 0 Å². The molecule has 0 atom stereocenters. The Balaban J connectivity index is 3.55. The van der Waals surface area contributed by atoms with E-state index >= 15 is 0 Å². The lowest BCUT2D eigenvalue weighted by atomic mass is 10.2. The molecule has 1 aliphatic carbocycles. The fourth-order valence-electron chi connectivity index (χ4n) is 0.986. The second-order valence-electron chi connectivity index (χ2n) is 2.87. The summed E-state index contributed by atoms with van der Waals surface area (Å²) in [5, 5.41) is 0. The van der Waals surface area contributed by atoms with Crippen LogP contribution in [0.3, 0.4) is 0 Å². The molecule has 10 heteroatoms. The van der Waals surface area contributed by atoms with E-state index in [0.717, 1.165) is 0 Å². The van der Waals surface area contributed by atoms with Gasteiger partial charge in [0.2, 0.25) is 3.78 Å². The summed E-state index contributed by atoms with van der Waals surface area (Å²) < 4.78 is 95.5. The Hall–Kier alpha value is 0.210. The molecule has 0 bridgehead atoms. The van der Waals surface area contributed by atoms with Gasteiger partial charge in [0.05, 0.1) is 0 Å². The lowest BCUT2D eigenvalue weighted by Gasteiger charge is -2.26. The Morgan fingerprint density at radius 2 is 0.800 bits per heavy atom. The molecule has 0 saturated heterocycles. The maximum atomic E-state index is 12.6. The third kappa shape index (κ3) is 1.04. The highest BCUT2D eigenvalue weighted by Crippen LogP contribution is 2.71. The zero-order valence-corrected chi connectivity index (χ0v) is 8.62. The van der Waals surface area contributed by atoms with Crippen LogP contribution in [0.4, 0.5) is 35.1 Å². The molecule has 0 aromatic carbocycles. The quantitative estimate of drug-likeness (QED) is 0.468. The van der Waals surface area contributed by atoms with Gasteiger partial charge in [-0.1, -0.05) is 27.5 Å². The van der Waals surface area contributed by atoms with Gasteiger partial charge in [-0.15, -0.1) is 0 Å². The standard InChI is InChI=1S/C5BrClF8/c6-1(7)2(8,9)4(12,13)5(14,15)3(1,10)11. The van der Waals surface area contributed by atoms with E-state index in [4.69, 9.17) is 0 Å². The molecular formula is C5BrClF8. The minimum Gasteiger partial charge on any atom is -0.196 e. The van der Waals surface area contributed by atoms with E-state index in [1.54, 1.807) is 0 Å². The van der Waals surface area contributed by atoms with Crippen LogP contribution in [0.5, 0.6) is 0 Å². The summed E-state index contributed by atoms with van der Waals surface area (Å²) in [4.78, 5) is 0. The van der Waals surface area contributed by atoms with E-state index in [9.17, 15) is 35.1 Å². The molecule has 0 radical (unpaired) electrons. The van der Waals surface area contributed by atoms with Crippen molar-refractivity contribution in [2.75, 3.05) is 0 Å². The van der Waals surface area contributed by atoms with Crippen molar-refractivity contribution >= 4 is 27.5 Å². The molecule has 1 saturated carbocycles. The van der Waals surface area contributed by atoms with Crippen molar-refractivity contribution in [1.29, 1.82) is 0 Å². The lowest BCUT2D eigenvalue weighted by molar-refractivity contribution is -0.303. The van der Waals surface area contributed by atoms with E-state index in [1.807, 2.05) is 0 Å². The van der Waals surface area contributed by atoms with E-state index in [-0.39, 0.29) is 0 Å². The molecule has 15 heavy (non-hydrogen) atoms. The zero-order chi connectivity index (χ0) is 12.5. The number of alkyl halides is 10. The van der Waals surface area contributed by atoms with E-state index < -0.39 is 27.5 Å². The maximum absolute atomic E-state index is 12.6. The van der Waals surface area contributed by atoms with E-state index in [0.29, 0.717) is 0 Å². The summed E-state index contributed by atoms with van der Waals surface area (Å²) in [5.41, 5.74) is 0. The number of rotatable bonds is 0. The summed E-state index contributed by atoms with van der Waals surface area (Å²) in [5.74, 6) is -24.1. The predicted molar refractivity (Wildman–Crippen MR) is 37.3 cm³/mol. The van der Waals surface area contributed by atoms with Gasteiger partial charge in [-0.2, -0.15) is 35.1 Å². The molecule has 0 unspecified atom stereocenters. The molecule has 90 valence electrons.